The summed E-state index contributed by atoms with van der Waals surface area (Å²) in [6, 6.07) is 30.1. The SMILES string of the molecule is CCN(Cc1ccc(C(C)(C)C)cc1)Cc1cccc(OCc2cccc(-n3cccc3)c2)c1. The van der Waals surface area contributed by atoms with Gasteiger partial charge in [-0.05, 0) is 70.6 Å². The number of rotatable bonds is 9. The lowest BCUT2D eigenvalue weighted by molar-refractivity contribution is 0.269. The zero-order valence-electron chi connectivity index (χ0n) is 20.9. The van der Waals surface area contributed by atoms with Crippen LogP contribution < -0.4 is 4.74 Å². The van der Waals surface area contributed by atoms with E-state index in [-0.39, 0.29) is 5.41 Å². The van der Waals surface area contributed by atoms with E-state index in [1.807, 2.05) is 18.2 Å². The second kappa shape index (κ2) is 10.8. The molecule has 0 fully saturated rings. The third kappa shape index (κ3) is 6.39. The van der Waals surface area contributed by atoms with Gasteiger partial charge in [-0.1, -0.05) is 76.2 Å². The molecule has 3 nitrogen and oxygen atoms in total. The largest absolute Gasteiger partial charge is 0.489 e. The number of hydrogen-bond donors (Lipinski definition) is 0. The molecule has 4 aromatic rings. The minimum atomic E-state index is 0.188. The number of benzene rings is 3. The first kappa shape index (κ1) is 23.8. The lowest BCUT2D eigenvalue weighted by Gasteiger charge is -2.23. The fourth-order valence-electron chi connectivity index (χ4n) is 4.12. The summed E-state index contributed by atoms with van der Waals surface area (Å²) in [4.78, 5) is 2.46. The highest BCUT2D eigenvalue weighted by molar-refractivity contribution is 5.37. The van der Waals surface area contributed by atoms with Gasteiger partial charge in [0, 0.05) is 31.2 Å². The van der Waals surface area contributed by atoms with Gasteiger partial charge in [0.15, 0.2) is 0 Å². The van der Waals surface area contributed by atoms with Crippen LogP contribution in [0.1, 0.15) is 49.9 Å². The summed E-state index contributed by atoms with van der Waals surface area (Å²) in [5, 5.41) is 0. The Labute approximate surface area is 204 Å². The number of ether oxygens (including phenoxy) is 1. The van der Waals surface area contributed by atoms with Gasteiger partial charge in [-0.25, -0.2) is 0 Å². The Hall–Kier alpha value is -3.30. The summed E-state index contributed by atoms with van der Waals surface area (Å²) in [7, 11) is 0. The van der Waals surface area contributed by atoms with Crippen molar-refractivity contribution in [2.45, 2.75) is 52.8 Å². The van der Waals surface area contributed by atoms with E-state index in [1.54, 1.807) is 0 Å². The quantitative estimate of drug-likeness (QED) is 0.264. The van der Waals surface area contributed by atoms with E-state index in [4.69, 9.17) is 4.74 Å². The molecular weight excluding hydrogens is 416 g/mol. The maximum absolute atomic E-state index is 6.16. The van der Waals surface area contributed by atoms with Gasteiger partial charge >= 0.3 is 0 Å². The molecule has 0 amide bonds. The van der Waals surface area contributed by atoms with Gasteiger partial charge in [-0.15, -0.1) is 0 Å². The molecule has 0 spiro atoms. The van der Waals surface area contributed by atoms with Crippen molar-refractivity contribution in [2.24, 2.45) is 0 Å². The van der Waals surface area contributed by atoms with Gasteiger partial charge in [0.25, 0.3) is 0 Å². The topological polar surface area (TPSA) is 17.4 Å². The standard InChI is InChI=1S/C31H36N2O/c1-5-32(22-25-14-16-28(17-15-25)31(2,3)4)23-26-10-9-13-30(21-26)34-24-27-11-8-12-29(20-27)33-18-6-7-19-33/h6-21H,5,22-24H2,1-4H3. The summed E-state index contributed by atoms with van der Waals surface area (Å²) < 4.78 is 8.27. The Morgan fingerprint density at radius 3 is 2.12 bits per heavy atom. The van der Waals surface area contributed by atoms with Crippen LogP contribution in [0.3, 0.4) is 0 Å². The lowest BCUT2D eigenvalue weighted by Crippen LogP contribution is -2.22. The van der Waals surface area contributed by atoms with Crippen LogP contribution in [0, 0.1) is 0 Å². The molecule has 1 aromatic heterocycles. The molecule has 1 heterocycles. The molecule has 0 saturated heterocycles. The second-order valence-electron chi connectivity index (χ2n) is 9.95. The van der Waals surface area contributed by atoms with E-state index in [2.05, 4.69) is 116 Å². The number of hydrogen-bond acceptors (Lipinski definition) is 2. The second-order valence-corrected chi connectivity index (χ2v) is 9.95. The molecule has 0 bridgehead atoms. The highest BCUT2D eigenvalue weighted by Gasteiger charge is 2.13. The molecule has 0 radical (unpaired) electrons. The summed E-state index contributed by atoms with van der Waals surface area (Å²) in [6.45, 7) is 12.4. The highest BCUT2D eigenvalue weighted by atomic mass is 16.5. The molecule has 0 aliphatic carbocycles. The zero-order valence-corrected chi connectivity index (χ0v) is 20.9. The summed E-state index contributed by atoms with van der Waals surface area (Å²) in [5.41, 5.74) is 6.49. The first-order valence-corrected chi connectivity index (χ1v) is 12.2. The summed E-state index contributed by atoms with van der Waals surface area (Å²) >= 11 is 0. The van der Waals surface area contributed by atoms with E-state index >= 15 is 0 Å². The van der Waals surface area contributed by atoms with Crippen molar-refractivity contribution in [3.8, 4) is 11.4 Å². The van der Waals surface area contributed by atoms with Crippen molar-refractivity contribution in [3.63, 3.8) is 0 Å². The van der Waals surface area contributed by atoms with Crippen LogP contribution >= 0.6 is 0 Å². The molecule has 3 aromatic carbocycles. The van der Waals surface area contributed by atoms with Gasteiger partial charge < -0.3 is 9.30 Å². The fourth-order valence-corrected chi connectivity index (χ4v) is 4.12. The molecule has 4 rings (SSSR count). The first-order valence-electron chi connectivity index (χ1n) is 12.2. The number of aromatic nitrogens is 1. The summed E-state index contributed by atoms with van der Waals surface area (Å²) in [6.07, 6.45) is 4.11. The third-order valence-corrected chi connectivity index (χ3v) is 6.20. The van der Waals surface area contributed by atoms with Crippen molar-refractivity contribution in [1.29, 1.82) is 0 Å². The lowest BCUT2D eigenvalue weighted by atomic mass is 9.87. The Morgan fingerprint density at radius 2 is 1.41 bits per heavy atom. The highest BCUT2D eigenvalue weighted by Crippen LogP contribution is 2.23. The molecule has 0 aliphatic heterocycles. The van der Waals surface area contributed by atoms with Crippen molar-refractivity contribution in [1.82, 2.24) is 9.47 Å². The molecule has 176 valence electrons. The Kier molecular flexibility index (Phi) is 7.54. The molecule has 0 atom stereocenters. The van der Waals surface area contributed by atoms with Gasteiger partial charge in [0.2, 0.25) is 0 Å². The van der Waals surface area contributed by atoms with Crippen LogP contribution in [0.5, 0.6) is 5.75 Å². The maximum atomic E-state index is 6.16. The summed E-state index contributed by atoms with van der Waals surface area (Å²) in [5.74, 6) is 0.912. The minimum absolute atomic E-state index is 0.188. The van der Waals surface area contributed by atoms with Crippen LogP contribution in [0.25, 0.3) is 5.69 Å². The fraction of sp³-hybridized carbons (Fsp3) is 0.290. The van der Waals surface area contributed by atoms with Crippen molar-refractivity contribution >= 4 is 0 Å². The van der Waals surface area contributed by atoms with Crippen molar-refractivity contribution in [2.75, 3.05) is 6.54 Å². The van der Waals surface area contributed by atoms with Crippen molar-refractivity contribution in [3.05, 3.63) is 120 Å². The van der Waals surface area contributed by atoms with Crippen LogP contribution in [0.2, 0.25) is 0 Å². The zero-order chi connectivity index (χ0) is 24.0. The van der Waals surface area contributed by atoms with Gasteiger partial charge in [0.05, 0.1) is 0 Å². The van der Waals surface area contributed by atoms with Crippen LogP contribution in [-0.2, 0) is 25.1 Å². The predicted molar refractivity (Wildman–Crippen MR) is 141 cm³/mol. The Morgan fingerprint density at radius 1 is 0.735 bits per heavy atom. The molecule has 34 heavy (non-hydrogen) atoms. The molecule has 3 heteroatoms. The van der Waals surface area contributed by atoms with E-state index in [9.17, 15) is 0 Å². The normalized spacial score (nSPS) is 11.7. The smallest absolute Gasteiger partial charge is 0.120 e. The molecule has 0 aliphatic rings. The maximum Gasteiger partial charge on any atom is 0.120 e. The van der Waals surface area contributed by atoms with Gasteiger partial charge in [-0.2, -0.15) is 0 Å². The third-order valence-electron chi connectivity index (χ3n) is 6.20. The van der Waals surface area contributed by atoms with E-state index < -0.39 is 0 Å². The van der Waals surface area contributed by atoms with Gasteiger partial charge in [-0.3, -0.25) is 4.90 Å². The average Bonchev–Trinajstić information content (AvgIpc) is 3.38. The molecule has 0 unspecified atom stereocenters. The van der Waals surface area contributed by atoms with Crippen LogP contribution in [0.4, 0.5) is 0 Å². The number of nitrogens with zero attached hydrogens (tertiary/aromatic N) is 2. The van der Waals surface area contributed by atoms with E-state index in [0.717, 1.165) is 36.6 Å². The molecular formula is C31H36N2O. The van der Waals surface area contributed by atoms with E-state index in [1.165, 1.54) is 16.7 Å². The first-order chi connectivity index (χ1) is 16.4. The van der Waals surface area contributed by atoms with Crippen LogP contribution in [-0.4, -0.2) is 16.0 Å². The minimum Gasteiger partial charge on any atom is -0.489 e. The predicted octanol–water partition coefficient (Wildman–Crippen LogP) is 7.38. The molecule has 0 saturated carbocycles. The van der Waals surface area contributed by atoms with Gasteiger partial charge in [0.1, 0.15) is 12.4 Å². The average molecular weight is 453 g/mol. The monoisotopic (exact) mass is 452 g/mol. The van der Waals surface area contributed by atoms with Crippen LogP contribution in [0.15, 0.2) is 97.3 Å². The Bertz CT molecular complexity index is 1170. The Balaban J connectivity index is 1.36. The van der Waals surface area contributed by atoms with Crippen molar-refractivity contribution < 1.29 is 4.74 Å². The molecule has 0 N–H and O–H groups in total. The van der Waals surface area contributed by atoms with E-state index in [0.29, 0.717) is 6.61 Å².